The molecule has 1 amide bonds. The van der Waals surface area contributed by atoms with Crippen molar-refractivity contribution in [2.75, 3.05) is 17.2 Å². The molecule has 2 atom stereocenters. The number of carbonyl (C=O) groups is 2. The number of alkyl halides is 2. The van der Waals surface area contributed by atoms with Gasteiger partial charge >= 0.3 is 0 Å². The molecule has 3 aromatic rings. The number of hydrogen-bond acceptors (Lipinski definition) is 3. The van der Waals surface area contributed by atoms with Gasteiger partial charge in [0.25, 0.3) is 5.91 Å². The Morgan fingerprint density at radius 3 is 1.97 bits per heavy atom. The molecule has 0 radical (unpaired) electrons. The van der Waals surface area contributed by atoms with Gasteiger partial charge in [0.1, 0.15) is 10.6 Å². The lowest BCUT2D eigenvalue weighted by Crippen LogP contribution is -2.23. The van der Waals surface area contributed by atoms with Gasteiger partial charge in [-0.2, -0.15) is 0 Å². The lowest BCUT2D eigenvalue weighted by atomic mass is 10.00. The molecule has 0 bridgehead atoms. The maximum Gasteiger partial charge on any atom is 0.257 e. The molecule has 35 heavy (non-hydrogen) atoms. The van der Waals surface area contributed by atoms with Gasteiger partial charge in [-0.25, -0.2) is 0 Å². The molecular weight excluding hydrogens is 596 g/mol. The standard InChI is InChI=1S/C24H15Cl7N2O2/c25-13-3-12(4-14(26)5-13)21-23(11-34,24(21,30)31)10-32-17-1-2-20(29)19(9-17)22(35)33-18-7-15(27)6-16(28)8-18/h1-9,11,21,32H,10H2,(H,33,35). The summed E-state index contributed by atoms with van der Waals surface area (Å²) >= 11 is 43.6. The van der Waals surface area contributed by atoms with Crippen LogP contribution in [0.4, 0.5) is 11.4 Å². The zero-order valence-corrected chi connectivity index (χ0v) is 22.8. The van der Waals surface area contributed by atoms with Crippen LogP contribution >= 0.6 is 81.2 Å². The highest BCUT2D eigenvalue weighted by Gasteiger charge is 2.76. The van der Waals surface area contributed by atoms with Crippen molar-refractivity contribution in [2.45, 2.75) is 10.3 Å². The Kier molecular flexibility index (Phi) is 7.76. The summed E-state index contributed by atoms with van der Waals surface area (Å²) < 4.78 is -1.38. The zero-order valence-electron chi connectivity index (χ0n) is 17.5. The molecular formula is C24H15Cl7N2O2. The van der Waals surface area contributed by atoms with Crippen molar-refractivity contribution >= 4 is 105 Å². The first-order chi connectivity index (χ1) is 16.5. The largest absolute Gasteiger partial charge is 0.384 e. The Balaban J connectivity index is 1.54. The van der Waals surface area contributed by atoms with Crippen molar-refractivity contribution in [1.29, 1.82) is 0 Å². The fourth-order valence-corrected chi connectivity index (χ4v) is 6.26. The molecule has 2 N–H and O–H groups in total. The van der Waals surface area contributed by atoms with Crippen molar-refractivity contribution in [3.63, 3.8) is 0 Å². The Hall–Kier alpha value is -1.37. The average Bonchev–Trinajstić information content (AvgIpc) is 3.26. The molecule has 0 heterocycles. The number of rotatable bonds is 7. The van der Waals surface area contributed by atoms with Crippen LogP contribution in [0, 0.1) is 5.41 Å². The molecule has 0 aliphatic heterocycles. The van der Waals surface area contributed by atoms with E-state index in [0.29, 0.717) is 37.0 Å². The van der Waals surface area contributed by atoms with Gasteiger partial charge in [0.05, 0.1) is 16.0 Å². The molecule has 4 nitrogen and oxygen atoms in total. The molecule has 0 saturated heterocycles. The molecule has 11 heteroatoms. The van der Waals surface area contributed by atoms with E-state index in [9.17, 15) is 9.59 Å². The predicted molar refractivity (Wildman–Crippen MR) is 146 cm³/mol. The third-order valence-electron chi connectivity index (χ3n) is 5.76. The van der Waals surface area contributed by atoms with Gasteiger partial charge in [-0.1, -0.05) is 81.2 Å². The fraction of sp³-hybridized carbons (Fsp3) is 0.167. The van der Waals surface area contributed by atoms with E-state index in [4.69, 9.17) is 81.2 Å². The highest BCUT2D eigenvalue weighted by Crippen LogP contribution is 2.73. The highest BCUT2D eigenvalue weighted by atomic mass is 35.5. The van der Waals surface area contributed by atoms with Crippen LogP contribution in [0.15, 0.2) is 54.6 Å². The van der Waals surface area contributed by atoms with Crippen molar-refractivity contribution in [2.24, 2.45) is 5.41 Å². The summed E-state index contributed by atoms with van der Waals surface area (Å²) in [4.78, 5) is 25.0. The van der Waals surface area contributed by atoms with Crippen molar-refractivity contribution in [1.82, 2.24) is 0 Å². The minimum Gasteiger partial charge on any atom is -0.384 e. The van der Waals surface area contributed by atoms with Crippen LogP contribution in [-0.2, 0) is 4.79 Å². The third-order valence-corrected chi connectivity index (χ3v) is 8.10. The average molecular weight is 612 g/mol. The predicted octanol–water partition coefficient (Wildman–Crippen LogP) is 8.77. The van der Waals surface area contributed by atoms with E-state index in [1.54, 1.807) is 54.6 Å². The number of anilines is 2. The fourth-order valence-electron chi connectivity index (χ4n) is 4.02. The first kappa shape index (κ1) is 26.7. The van der Waals surface area contributed by atoms with E-state index in [0.717, 1.165) is 6.29 Å². The SMILES string of the molecule is O=CC1(CNc2ccc(Cl)c(C(=O)Nc3cc(Cl)cc(Cl)c3)c2)C(c2cc(Cl)cc(Cl)c2)C1(Cl)Cl. The van der Waals surface area contributed by atoms with E-state index in [1.807, 2.05) is 0 Å². The van der Waals surface area contributed by atoms with Gasteiger partial charge in [0, 0.05) is 43.9 Å². The Morgan fingerprint density at radius 1 is 0.829 bits per heavy atom. The lowest BCUT2D eigenvalue weighted by Gasteiger charge is -2.15. The number of nitrogens with one attached hydrogen (secondary N) is 2. The van der Waals surface area contributed by atoms with Gasteiger partial charge in [-0.15, -0.1) is 0 Å². The summed E-state index contributed by atoms with van der Waals surface area (Å²) in [6.45, 7) is 0.0882. The molecule has 4 rings (SSSR count). The van der Waals surface area contributed by atoms with Gasteiger partial charge in [0.2, 0.25) is 0 Å². The number of halogens is 7. The van der Waals surface area contributed by atoms with Crippen molar-refractivity contribution < 1.29 is 9.59 Å². The number of amides is 1. The van der Waals surface area contributed by atoms with Crippen LogP contribution in [0.1, 0.15) is 21.8 Å². The summed E-state index contributed by atoms with van der Waals surface area (Å²) in [5.74, 6) is -1.01. The zero-order chi connectivity index (χ0) is 25.5. The number of carbonyl (C=O) groups excluding carboxylic acids is 2. The molecule has 2 unspecified atom stereocenters. The van der Waals surface area contributed by atoms with E-state index in [-0.39, 0.29) is 17.1 Å². The first-order valence-electron chi connectivity index (χ1n) is 10.1. The monoisotopic (exact) mass is 608 g/mol. The minimum absolute atomic E-state index is 0.0882. The normalized spacial score (nSPS) is 20.3. The Labute approximate surface area is 236 Å². The molecule has 1 aliphatic rings. The molecule has 1 saturated carbocycles. The van der Waals surface area contributed by atoms with Gasteiger partial charge in [-0.05, 0) is 60.2 Å². The number of benzene rings is 3. The van der Waals surface area contributed by atoms with E-state index in [1.165, 1.54) is 0 Å². The van der Waals surface area contributed by atoms with Crippen molar-refractivity contribution in [3.8, 4) is 0 Å². The maximum atomic E-state index is 12.9. The van der Waals surface area contributed by atoms with E-state index in [2.05, 4.69) is 10.6 Å². The van der Waals surface area contributed by atoms with Gasteiger partial charge in [-0.3, -0.25) is 4.79 Å². The number of hydrogen-bond donors (Lipinski definition) is 2. The quantitative estimate of drug-likeness (QED) is 0.208. The topological polar surface area (TPSA) is 58.2 Å². The summed E-state index contributed by atoms with van der Waals surface area (Å²) in [5.41, 5.74) is 0.646. The van der Waals surface area contributed by atoms with Crippen LogP contribution < -0.4 is 10.6 Å². The Bertz CT molecular complexity index is 1290. The summed E-state index contributed by atoms with van der Waals surface area (Å²) in [5, 5.41) is 7.65. The van der Waals surface area contributed by atoms with Gasteiger partial charge in [0.15, 0.2) is 0 Å². The molecule has 1 aliphatic carbocycles. The van der Waals surface area contributed by atoms with E-state index < -0.39 is 21.6 Å². The summed E-state index contributed by atoms with van der Waals surface area (Å²) in [6.07, 6.45) is 0.728. The smallest absolute Gasteiger partial charge is 0.257 e. The second-order valence-corrected chi connectivity index (χ2v) is 11.6. The number of aldehydes is 1. The second-order valence-electron chi connectivity index (χ2n) is 8.08. The lowest BCUT2D eigenvalue weighted by molar-refractivity contribution is -0.112. The third kappa shape index (κ3) is 5.35. The summed E-state index contributed by atoms with van der Waals surface area (Å²) in [6, 6.07) is 14.4. The molecule has 3 aromatic carbocycles. The van der Waals surface area contributed by atoms with Gasteiger partial charge < -0.3 is 15.4 Å². The first-order valence-corrected chi connectivity index (χ1v) is 12.7. The van der Waals surface area contributed by atoms with E-state index >= 15 is 0 Å². The van der Waals surface area contributed by atoms with Crippen LogP contribution in [0.2, 0.25) is 25.1 Å². The Morgan fingerprint density at radius 2 is 1.40 bits per heavy atom. The molecule has 182 valence electrons. The second kappa shape index (κ2) is 10.2. The molecule has 1 fully saturated rings. The van der Waals surface area contributed by atoms with Crippen LogP contribution in [0.3, 0.4) is 0 Å². The van der Waals surface area contributed by atoms with Crippen LogP contribution in [-0.4, -0.2) is 23.1 Å². The maximum absolute atomic E-state index is 12.9. The molecule has 0 aromatic heterocycles. The minimum atomic E-state index is -1.38. The highest BCUT2D eigenvalue weighted by molar-refractivity contribution is 6.54. The summed E-state index contributed by atoms with van der Waals surface area (Å²) in [7, 11) is 0. The van der Waals surface area contributed by atoms with Crippen molar-refractivity contribution in [3.05, 3.63) is 90.8 Å². The van der Waals surface area contributed by atoms with Crippen LogP contribution in [0.5, 0.6) is 0 Å². The molecule has 0 spiro atoms. The van der Waals surface area contributed by atoms with Crippen LogP contribution in [0.25, 0.3) is 0 Å².